The standard InChI is InChI=1S/C34H37N7O3S/c1-22(42)40-13-14-41-31(21-40)32(39-33(41)23-10-15-44-16-11-23)27-7-3-5-24-17-30(38-20-28(24)27)25-8-9-29(37-18-25)34(43)36-12-4-6-26(45)19-35-2/h3-9,17-20,23,35,45H,10-16,21H2,1-2H3,(H,36,43)/b6-4+,26-19-. The summed E-state index contributed by atoms with van der Waals surface area (Å²) < 4.78 is 7.97. The quantitative estimate of drug-likeness (QED) is 0.193. The summed E-state index contributed by atoms with van der Waals surface area (Å²) in [5.74, 6) is 1.25. The number of carbonyl (C=O) groups excluding carboxylic acids is 2. The lowest BCUT2D eigenvalue weighted by molar-refractivity contribution is -0.130. The summed E-state index contributed by atoms with van der Waals surface area (Å²) in [6, 6.07) is 11.8. The van der Waals surface area contributed by atoms with Gasteiger partial charge in [0.05, 0.1) is 23.6 Å². The Morgan fingerprint density at radius 3 is 2.71 bits per heavy atom. The van der Waals surface area contributed by atoms with Crippen molar-refractivity contribution in [3.8, 4) is 22.5 Å². The predicted octanol–water partition coefficient (Wildman–Crippen LogP) is 4.69. The zero-order valence-electron chi connectivity index (χ0n) is 25.5. The van der Waals surface area contributed by atoms with Crippen molar-refractivity contribution < 1.29 is 14.3 Å². The van der Waals surface area contributed by atoms with Crippen molar-refractivity contribution in [1.29, 1.82) is 0 Å². The Hall–Kier alpha value is -4.48. The monoisotopic (exact) mass is 623 g/mol. The molecule has 0 saturated carbocycles. The van der Waals surface area contributed by atoms with Crippen molar-refractivity contribution >= 4 is 35.2 Å². The van der Waals surface area contributed by atoms with Crippen LogP contribution in [0.4, 0.5) is 0 Å². The number of carbonyl (C=O) groups is 2. The normalized spacial score (nSPS) is 15.8. The van der Waals surface area contributed by atoms with Gasteiger partial charge >= 0.3 is 0 Å². The van der Waals surface area contributed by atoms with Gasteiger partial charge in [0.2, 0.25) is 5.91 Å². The van der Waals surface area contributed by atoms with E-state index < -0.39 is 0 Å². The molecule has 0 aliphatic carbocycles. The molecule has 2 aliphatic heterocycles. The summed E-state index contributed by atoms with van der Waals surface area (Å²) in [5, 5.41) is 7.75. The minimum Gasteiger partial charge on any atom is -0.393 e. The number of benzene rings is 1. The highest BCUT2D eigenvalue weighted by molar-refractivity contribution is 7.84. The summed E-state index contributed by atoms with van der Waals surface area (Å²) in [4.78, 5) is 42.0. The molecular weight excluding hydrogens is 586 g/mol. The first-order chi connectivity index (χ1) is 21.9. The van der Waals surface area contributed by atoms with Crippen LogP contribution in [0.5, 0.6) is 0 Å². The van der Waals surface area contributed by atoms with E-state index in [2.05, 4.69) is 44.9 Å². The number of hydrogen-bond donors (Lipinski definition) is 3. The van der Waals surface area contributed by atoms with Gasteiger partial charge in [0.25, 0.3) is 5.91 Å². The van der Waals surface area contributed by atoms with E-state index >= 15 is 0 Å². The maximum Gasteiger partial charge on any atom is 0.270 e. The maximum atomic E-state index is 12.6. The van der Waals surface area contributed by atoms with Crippen LogP contribution in [0.1, 0.15) is 47.7 Å². The number of nitrogens with one attached hydrogen (secondary N) is 2. The largest absolute Gasteiger partial charge is 0.393 e. The van der Waals surface area contributed by atoms with E-state index in [4.69, 9.17) is 14.7 Å². The smallest absolute Gasteiger partial charge is 0.270 e. The number of thiol groups is 1. The molecule has 3 aromatic heterocycles. The molecule has 2 N–H and O–H groups in total. The lowest BCUT2D eigenvalue weighted by Crippen LogP contribution is -2.37. The summed E-state index contributed by atoms with van der Waals surface area (Å²) in [6.07, 6.45) is 10.8. The molecule has 1 fully saturated rings. The van der Waals surface area contributed by atoms with Crippen LogP contribution in [-0.2, 0) is 22.6 Å². The number of allylic oxidation sites excluding steroid dienone is 1. The zero-order chi connectivity index (χ0) is 31.3. The fourth-order valence-electron chi connectivity index (χ4n) is 5.98. The summed E-state index contributed by atoms with van der Waals surface area (Å²) in [7, 11) is 1.80. The van der Waals surface area contributed by atoms with Gasteiger partial charge in [-0.25, -0.2) is 4.98 Å². The van der Waals surface area contributed by atoms with E-state index in [9.17, 15) is 9.59 Å². The van der Waals surface area contributed by atoms with E-state index in [1.165, 1.54) is 0 Å². The van der Waals surface area contributed by atoms with Gasteiger partial charge in [-0.3, -0.25) is 19.6 Å². The van der Waals surface area contributed by atoms with Crippen LogP contribution in [0.15, 0.2) is 72.0 Å². The van der Waals surface area contributed by atoms with Crippen LogP contribution < -0.4 is 10.6 Å². The van der Waals surface area contributed by atoms with E-state index in [0.717, 1.165) is 82.3 Å². The van der Waals surface area contributed by atoms with Crippen molar-refractivity contribution in [2.75, 3.05) is 33.4 Å². The van der Waals surface area contributed by atoms with Gasteiger partial charge in [0.15, 0.2) is 0 Å². The number of aromatic nitrogens is 4. The Balaban J connectivity index is 1.26. The average Bonchev–Trinajstić information content (AvgIpc) is 3.45. The third kappa shape index (κ3) is 6.64. The van der Waals surface area contributed by atoms with Gasteiger partial charge in [-0.1, -0.05) is 24.3 Å². The number of nitrogens with zero attached hydrogens (tertiary/aromatic N) is 5. The lowest BCUT2D eigenvalue weighted by atomic mass is 9.99. The van der Waals surface area contributed by atoms with Crippen LogP contribution in [-0.4, -0.2) is 69.6 Å². The van der Waals surface area contributed by atoms with Gasteiger partial charge in [0, 0.05) is 92.7 Å². The fourth-order valence-corrected chi connectivity index (χ4v) is 6.22. The topological polar surface area (TPSA) is 114 Å². The second-order valence-electron chi connectivity index (χ2n) is 11.2. The molecule has 0 spiro atoms. The van der Waals surface area contributed by atoms with Gasteiger partial charge in [-0.2, -0.15) is 0 Å². The molecule has 1 aromatic carbocycles. The lowest BCUT2D eigenvalue weighted by Gasteiger charge is -2.30. The number of ether oxygens (including phenoxy) is 1. The first-order valence-electron chi connectivity index (χ1n) is 15.2. The minimum atomic E-state index is -0.257. The van der Waals surface area contributed by atoms with Crippen molar-refractivity contribution in [2.24, 2.45) is 0 Å². The second-order valence-corrected chi connectivity index (χ2v) is 11.8. The fraction of sp³-hybridized carbons (Fsp3) is 0.324. The molecule has 2 amide bonds. The Morgan fingerprint density at radius 1 is 1.11 bits per heavy atom. The van der Waals surface area contributed by atoms with Crippen LogP contribution >= 0.6 is 12.6 Å². The highest BCUT2D eigenvalue weighted by atomic mass is 32.1. The molecule has 11 heteroatoms. The predicted molar refractivity (Wildman–Crippen MR) is 178 cm³/mol. The molecule has 45 heavy (non-hydrogen) atoms. The molecule has 0 radical (unpaired) electrons. The van der Waals surface area contributed by atoms with Crippen LogP contribution in [0.3, 0.4) is 0 Å². The van der Waals surface area contributed by atoms with Gasteiger partial charge in [-0.05, 0) is 42.5 Å². The van der Waals surface area contributed by atoms with Crippen LogP contribution in [0.25, 0.3) is 33.3 Å². The molecule has 4 aromatic rings. The molecule has 1 saturated heterocycles. The van der Waals surface area contributed by atoms with Crippen molar-refractivity contribution in [3.05, 3.63) is 89.3 Å². The third-order valence-corrected chi connectivity index (χ3v) is 8.62. The maximum absolute atomic E-state index is 12.6. The Bertz CT molecular complexity index is 1770. The molecule has 232 valence electrons. The molecule has 5 heterocycles. The molecule has 6 rings (SSSR count). The highest BCUT2D eigenvalue weighted by Crippen LogP contribution is 2.37. The first kappa shape index (κ1) is 30.5. The van der Waals surface area contributed by atoms with Crippen molar-refractivity contribution in [3.63, 3.8) is 0 Å². The number of fused-ring (bicyclic) bond motifs is 2. The van der Waals surface area contributed by atoms with E-state index in [1.807, 2.05) is 35.4 Å². The Morgan fingerprint density at radius 2 is 1.96 bits per heavy atom. The molecular formula is C34H37N7O3S. The van der Waals surface area contributed by atoms with Crippen LogP contribution in [0.2, 0.25) is 0 Å². The Labute approximate surface area is 268 Å². The third-order valence-electron chi connectivity index (χ3n) is 8.34. The summed E-state index contributed by atoms with van der Waals surface area (Å²) >= 11 is 4.31. The van der Waals surface area contributed by atoms with E-state index in [1.54, 1.807) is 38.5 Å². The summed E-state index contributed by atoms with van der Waals surface area (Å²) in [6.45, 7) is 5.44. The number of rotatable bonds is 8. The zero-order valence-corrected chi connectivity index (χ0v) is 26.4. The SMILES string of the molecule is CN/C=C(S)/C=C/CNC(=O)c1ccc(-c2cc3cccc(-c4nc(C5CCOCC5)n5c4CN(C(C)=O)CC5)c3cn2)cn1. The van der Waals surface area contributed by atoms with Crippen molar-refractivity contribution in [1.82, 2.24) is 35.1 Å². The highest BCUT2D eigenvalue weighted by Gasteiger charge is 2.30. The van der Waals surface area contributed by atoms with E-state index in [-0.39, 0.29) is 11.8 Å². The molecule has 0 atom stereocenters. The molecule has 0 unspecified atom stereocenters. The summed E-state index contributed by atoms with van der Waals surface area (Å²) in [5.41, 5.74) is 4.90. The number of pyridine rings is 2. The number of amides is 2. The number of hydrogen-bond acceptors (Lipinski definition) is 8. The van der Waals surface area contributed by atoms with Gasteiger partial charge in [0.1, 0.15) is 11.5 Å². The number of imidazole rings is 1. The van der Waals surface area contributed by atoms with Crippen LogP contribution in [0, 0.1) is 0 Å². The van der Waals surface area contributed by atoms with Crippen molar-refractivity contribution in [2.45, 2.75) is 38.8 Å². The Kier molecular flexibility index (Phi) is 9.27. The molecule has 2 aliphatic rings. The molecule has 0 bridgehead atoms. The van der Waals surface area contributed by atoms with Gasteiger partial charge in [-0.15, -0.1) is 12.6 Å². The first-order valence-corrected chi connectivity index (χ1v) is 15.7. The minimum absolute atomic E-state index is 0.0730. The molecule has 10 nitrogen and oxygen atoms in total. The average molecular weight is 624 g/mol. The van der Waals surface area contributed by atoms with E-state index in [0.29, 0.717) is 31.2 Å². The second kappa shape index (κ2) is 13.7. The van der Waals surface area contributed by atoms with Gasteiger partial charge < -0.3 is 24.8 Å².